The van der Waals surface area contributed by atoms with Gasteiger partial charge in [0.25, 0.3) is 0 Å². The second kappa shape index (κ2) is 6.92. The molecule has 0 radical (unpaired) electrons. The number of hydrogen-bond acceptors (Lipinski definition) is 7. The first-order chi connectivity index (χ1) is 14.9. The molecule has 158 valence electrons. The molecule has 4 aromatic rings. The number of rotatable bonds is 3. The van der Waals surface area contributed by atoms with E-state index in [0.29, 0.717) is 49.0 Å². The first-order valence-electron chi connectivity index (χ1n) is 10.0. The molecule has 0 aromatic carbocycles. The van der Waals surface area contributed by atoms with Gasteiger partial charge < -0.3 is 10.1 Å². The molecule has 0 amide bonds. The van der Waals surface area contributed by atoms with Crippen molar-refractivity contribution in [1.82, 2.24) is 33.7 Å². The molecule has 0 aliphatic carbocycles. The Balaban J connectivity index is 1.63. The number of aryl methyl sites for hydroxylation is 3. The fourth-order valence-corrected chi connectivity index (χ4v) is 4.09. The van der Waals surface area contributed by atoms with Gasteiger partial charge in [-0.2, -0.15) is 10.1 Å². The van der Waals surface area contributed by atoms with E-state index < -0.39 is 5.54 Å². The van der Waals surface area contributed by atoms with Crippen LogP contribution in [0.1, 0.15) is 24.2 Å². The van der Waals surface area contributed by atoms with Gasteiger partial charge >= 0.3 is 5.69 Å². The van der Waals surface area contributed by atoms with E-state index in [-0.39, 0.29) is 5.69 Å². The molecule has 5 heterocycles. The molecule has 0 atom stereocenters. The van der Waals surface area contributed by atoms with Crippen LogP contribution in [-0.2, 0) is 17.3 Å². The number of fused-ring (bicyclic) bond motifs is 2. The number of ether oxygens (including phenoxy) is 1. The summed E-state index contributed by atoms with van der Waals surface area (Å²) in [6.07, 6.45) is 10.5. The van der Waals surface area contributed by atoms with E-state index in [2.05, 4.69) is 31.3 Å². The van der Waals surface area contributed by atoms with E-state index in [9.17, 15) is 4.79 Å². The highest BCUT2D eigenvalue weighted by atomic mass is 16.5. The van der Waals surface area contributed by atoms with Gasteiger partial charge in [-0.25, -0.2) is 19.3 Å². The fourth-order valence-electron chi connectivity index (χ4n) is 4.09. The van der Waals surface area contributed by atoms with E-state index in [0.717, 1.165) is 16.9 Å². The van der Waals surface area contributed by atoms with Crippen LogP contribution in [0, 0.1) is 26.2 Å². The van der Waals surface area contributed by atoms with Gasteiger partial charge in [-0.1, -0.05) is 5.92 Å². The SMILES string of the molecule is C#CC1(n2c(=O)n(C)c3cnc(Nc4cn5nc(C)nc5cc4C)nc32)CCOCC1. The van der Waals surface area contributed by atoms with Crippen molar-refractivity contribution in [2.24, 2.45) is 7.05 Å². The van der Waals surface area contributed by atoms with Gasteiger partial charge in [0, 0.05) is 33.1 Å². The minimum absolute atomic E-state index is 0.211. The second-order valence-corrected chi connectivity index (χ2v) is 7.82. The highest BCUT2D eigenvalue weighted by molar-refractivity contribution is 5.74. The van der Waals surface area contributed by atoms with E-state index in [4.69, 9.17) is 11.2 Å². The molecule has 0 spiro atoms. The number of nitrogens with zero attached hydrogens (tertiary/aromatic N) is 7. The number of pyridine rings is 1. The van der Waals surface area contributed by atoms with Crippen LogP contribution in [-0.4, -0.2) is 46.9 Å². The summed E-state index contributed by atoms with van der Waals surface area (Å²) in [5.74, 6) is 3.91. The van der Waals surface area contributed by atoms with Gasteiger partial charge in [-0.3, -0.25) is 9.13 Å². The molecule has 1 aliphatic heterocycles. The predicted molar refractivity (Wildman–Crippen MR) is 115 cm³/mol. The normalized spacial score (nSPS) is 15.9. The van der Waals surface area contributed by atoms with Gasteiger partial charge in [0.1, 0.15) is 16.9 Å². The molecule has 1 aliphatic rings. The first kappa shape index (κ1) is 19.3. The summed E-state index contributed by atoms with van der Waals surface area (Å²) in [5, 5.41) is 7.60. The zero-order valence-corrected chi connectivity index (χ0v) is 17.6. The zero-order valence-electron chi connectivity index (χ0n) is 17.6. The minimum Gasteiger partial charge on any atom is -0.381 e. The summed E-state index contributed by atoms with van der Waals surface area (Å²) < 4.78 is 10.3. The van der Waals surface area contributed by atoms with Crippen LogP contribution in [0.4, 0.5) is 11.6 Å². The summed E-state index contributed by atoms with van der Waals surface area (Å²) >= 11 is 0. The van der Waals surface area contributed by atoms with Crippen molar-refractivity contribution in [2.75, 3.05) is 18.5 Å². The number of terminal acetylenes is 1. The lowest BCUT2D eigenvalue weighted by atomic mass is 9.91. The maximum Gasteiger partial charge on any atom is 0.331 e. The third-order valence-electron chi connectivity index (χ3n) is 5.85. The van der Waals surface area contributed by atoms with E-state index in [1.165, 1.54) is 4.57 Å². The van der Waals surface area contributed by atoms with Crippen molar-refractivity contribution < 1.29 is 4.74 Å². The van der Waals surface area contributed by atoms with Crippen LogP contribution in [0.25, 0.3) is 16.8 Å². The average molecular weight is 418 g/mol. The summed E-state index contributed by atoms with van der Waals surface area (Å²) in [4.78, 5) is 26.6. The molecule has 1 N–H and O–H groups in total. The summed E-state index contributed by atoms with van der Waals surface area (Å²) in [5.41, 5.74) is 2.67. The van der Waals surface area contributed by atoms with Gasteiger partial charge in [0.05, 0.1) is 18.1 Å². The Bertz CT molecular complexity index is 1420. The van der Waals surface area contributed by atoms with Crippen LogP contribution in [0.15, 0.2) is 23.3 Å². The van der Waals surface area contributed by atoms with Crippen molar-refractivity contribution in [3.63, 3.8) is 0 Å². The lowest BCUT2D eigenvalue weighted by Gasteiger charge is -2.33. The lowest BCUT2D eigenvalue weighted by molar-refractivity contribution is 0.0457. The smallest absolute Gasteiger partial charge is 0.331 e. The van der Waals surface area contributed by atoms with E-state index in [1.807, 2.05) is 26.1 Å². The summed E-state index contributed by atoms with van der Waals surface area (Å²) in [6.45, 7) is 4.82. The zero-order chi connectivity index (χ0) is 21.8. The second-order valence-electron chi connectivity index (χ2n) is 7.82. The highest BCUT2D eigenvalue weighted by Gasteiger charge is 2.36. The molecular weight excluding hydrogens is 396 g/mol. The Labute approximate surface area is 177 Å². The van der Waals surface area contributed by atoms with Gasteiger partial charge in [-0.05, 0) is 25.5 Å². The largest absolute Gasteiger partial charge is 0.381 e. The van der Waals surface area contributed by atoms with Gasteiger partial charge in [0.15, 0.2) is 11.3 Å². The van der Waals surface area contributed by atoms with Crippen LogP contribution in [0.2, 0.25) is 0 Å². The van der Waals surface area contributed by atoms with Crippen LogP contribution in [0.5, 0.6) is 0 Å². The molecule has 5 rings (SSSR count). The summed E-state index contributed by atoms with van der Waals surface area (Å²) in [6, 6.07) is 1.94. The Kier molecular flexibility index (Phi) is 4.30. The van der Waals surface area contributed by atoms with Crippen LogP contribution < -0.4 is 11.0 Å². The topological polar surface area (TPSA) is 104 Å². The third kappa shape index (κ3) is 2.97. The molecule has 4 aromatic heterocycles. The van der Waals surface area contributed by atoms with Crippen molar-refractivity contribution in [1.29, 1.82) is 0 Å². The quantitative estimate of drug-likeness (QED) is 0.505. The minimum atomic E-state index is -0.770. The molecule has 10 heteroatoms. The highest BCUT2D eigenvalue weighted by Crippen LogP contribution is 2.30. The molecule has 31 heavy (non-hydrogen) atoms. The number of aromatic nitrogens is 7. The van der Waals surface area contributed by atoms with Gasteiger partial charge in [0.2, 0.25) is 5.95 Å². The van der Waals surface area contributed by atoms with Crippen molar-refractivity contribution in [3.05, 3.63) is 40.3 Å². The summed E-state index contributed by atoms with van der Waals surface area (Å²) in [7, 11) is 1.70. The van der Waals surface area contributed by atoms with Crippen LogP contribution in [0.3, 0.4) is 0 Å². The molecule has 0 unspecified atom stereocenters. The Morgan fingerprint density at radius 3 is 2.77 bits per heavy atom. The van der Waals surface area contributed by atoms with Crippen molar-refractivity contribution in [3.8, 4) is 12.3 Å². The number of anilines is 2. The Morgan fingerprint density at radius 2 is 2.03 bits per heavy atom. The maximum absolute atomic E-state index is 13.1. The Hall–Kier alpha value is -3.71. The average Bonchev–Trinajstić information content (AvgIpc) is 3.24. The monoisotopic (exact) mass is 418 g/mol. The maximum atomic E-state index is 13.1. The fraction of sp³-hybridized carbons (Fsp3) is 0.381. The Morgan fingerprint density at radius 1 is 1.26 bits per heavy atom. The third-order valence-corrected chi connectivity index (χ3v) is 5.85. The van der Waals surface area contributed by atoms with Crippen LogP contribution >= 0.6 is 0 Å². The molecular formula is C21H22N8O2. The van der Waals surface area contributed by atoms with E-state index >= 15 is 0 Å². The number of nitrogens with one attached hydrogen (secondary N) is 1. The van der Waals surface area contributed by atoms with Crippen molar-refractivity contribution in [2.45, 2.75) is 32.2 Å². The molecule has 0 bridgehead atoms. The molecule has 1 saturated heterocycles. The lowest BCUT2D eigenvalue weighted by Crippen LogP contribution is -2.44. The molecule has 10 nitrogen and oxygen atoms in total. The predicted octanol–water partition coefficient (Wildman–Crippen LogP) is 1.67. The molecule has 1 fully saturated rings. The standard InChI is InChI=1S/C21H22N8O2/c1-5-21(6-8-31-9-7-21)29-18-16(27(4)20(29)30)11-22-19(25-18)24-15-12-28-17(10-13(15)2)23-14(3)26-28/h1,10-12H,6-9H2,2-4H3,(H,22,24,25). The first-order valence-corrected chi connectivity index (χ1v) is 10.0. The van der Waals surface area contributed by atoms with Gasteiger partial charge in [-0.15, -0.1) is 6.42 Å². The molecule has 0 saturated carbocycles. The van der Waals surface area contributed by atoms with E-state index in [1.54, 1.807) is 22.3 Å². The van der Waals surface area contributed by atoms with Crippen molar-refractivity contribution >= 4 is 28.4 Å². The number of imidazole rings is 1. The number of hydrogen-bond donors (Lipinski definition) is 1.